The van der Waals surface area contributed by atoms with Gasteiger partial charge in [-0.1, -0.05) is 152 Å². The number of hydrogen-bond donors (Lipinski definition) is 0. The van der Waals surface area contributed by atoms with Crippen molar-refractivity contribution < 1.29 is 8.83 Å². The van der Waals surface area contributed by atoms with E-state index >= 15 is 0 Å². The van der Waals surface area contributed by atoms with Crippen LogP contribution in [0.15, 0.2) is 227 Å². The Balaban J connectivity index is 1.02. The Morgan fingerprint density at radius 1 is 0.383 bits per heavy atom. The molecule has 11 aromatic rings. The first-order valence-electron chi connectivity index (χ1n) is 20.4. The second kappa shape index (κ2) is 13.6. The average molecular weight is 769 g/mol. The molecule has 1 aliphatic rings. The van der Waals surface area contributed by atoms with E-state index in [4.69, 9.17) is 13.8 Å². The SMILES string of the molecule is c1ccc(-c2ccc(N(c3ccc(C4(c5ccccc5)c5ccccc5-c5ccccc54)cc3)c3ccc4c(c3)oc3cccc(-c5nc6ccccc6o5)c34)cc2)cc1. The van der Waals surface area contributed by atoms with Crippen molar-refractivity contribution in [2.24, 2.45) is 0 Å². The molecule has 0 amide bonds. The van der Waals surface area contributed by atoms with Gasteiger partial charge in [-0.25, -0.2) is 4.98 Å². The molecule has 0 spiro atoms. The van der Waals surface area contributed by atoms with Gasteiger partial charge in [0, 0.05) is 39.5 Å². The number of anilines is 3. The largest absolute Gasteiger partial charge is 0.456 e. The smallest absolute Gasteiger partial charge is 0.228 e. The number of aromatic nitrogens is 1. The standard InChI is InChI=1S/C56H36N2O2/c1-3-14-37(15-4-1)38-26-30-41(31-27-38)58(43-34-35-46-53(36-43)59-52-25-13-20-47(54(46)52)55-57-50-23-11-12-24-51(50)60-55)42-32-28-40(29-33-42)56(39-16-5-2-6-17-39)48-21-9-7-18-44(48)45-19-8-10-22-49(45)56/h1-36H. The zero-order valence-electron chi connectivity index (χ0n) is 32.5. The molecular weight excluding hydrogens is 733 g/mol. The Morgan fingerprint density at radius 3 is 1.65 bits per heavy atom. The van der Waals surface area contributed by atoms with Gasteiger partial charge >= 0.3 is 0 Å². The summed E-state index contributed by atoms with van der Waals surface area (Å²) in [6.45, 7) is 0. The van der Waals surface area contributed by atoms with Gasteiger partial charge in [0.1, 0.15) is 16.7 Å². The monoisotopic (exact) mass is 768 g/mol. The average Bonchev–Trinajstić information content (AvgIpc) is 4.01. The summed E-state index contributed by atoms with van der Waals surface area (Å²) in [6, 6.07) is 77.7. The summed E-state index contributed by atoms with van der Waals surface area (Å²) in [7, 11) is 0. The number of rotatable bonds is 7. The molecule has 12 rings (SSSR count). The Kier molecular flexibility index (Phi) is 7.72. The predicted octanol–water partition coefficient (Wildman–Crippen LogP) is 14.9. The molecular formula is C56H36N2O2. The lowest BCUT2D eigenvalue weighted by molar-refractivity contribution is 0.620. The number of hydrogen-bond acceptors (Lipinski definition) is 4. The van der Waals surface area contributed by atoms with Crippen molar-refractivity contribution in [2.75, 3.05) is 4.90 Å². The van der Waals surface area contributed by atoms with Crippen molar-refractivity contribution in [1.29, 1.82) is 0 Å². The summed E-state index contributed by atoms with van der Waals surface area (Å²) >= 11 is 0. The van der Waals surface area contributed by atoms with Gasteiger partial charge in [0.15, 0.2) is 5.58 Å². The first kappa shape index (κ1) is 34.1. The second-order valence-corrected chi connectivity index (χ2v) is 15.5. The minimum Gasteiger partial charge on any atom is -0.456 e. The molecule has 4 heteroatoms. The van der Waals surface area contributed by atoms with Crippen molar-refractivity contribution in [1.82, 2.24) is 4.98 Å². The highest BCUT2D eigenvalue weighted by Gasteiger charge is 2.45. The number of nitrogens with zero attached hydrogens (tertiary/aromatic N) is 2. The Morgan fingerprint density at radius 2 is 0.933 bits per heavy atom. The maximum absolute atomic E-state index is 6.65. The maximum atomic E-state index is 6.65. The first-order chi connectivity index (χ1) is 29.7. The third kappa shape index (κ3) is 5.21. The van der Waals surface area contributed by atoms with Gasteiger partial charge in [0.25, 0.3) is 0 Å². The van der Waals surface area contributed by atoms with E-state index < -0.39 is 5.41 Å². The number of oxazole rings is 1. The molecule has 0 bridgehead atoms. The summed E-state index contributed by atoms with van der Waals surface area (Å²) < 4.78 is 12.9. The third-order valence-corrected chi connectivity index (χ3v) is 12.2. The van der Waals surface area contributed by atoms with E-state index in [0.717, 1.165) is 61.2 Å². The van der Waals surface area contributed by atoms with Gasteiger partial charge in [0.05, 0.1) is 5.41 Å². The van der Waals surface area contributed by atoms with Gasteiger partial charge in [0.2, 0.25) is 5.89 Å². The molecule has 0 N–H and O–H groups in total. The minimum absolute atomic E-state index is 0.477. The number of fused-ring (bicyclic) bond motifs is 7. The summed E-state index contributed by atoms with van der Waals surface area (Å²) in [6.07, 6.45) is 0. The van der Waals surface area contributed by atoms with E-state index in [-0.39, 0.29) is 0 Å². The molecule has 282 valence electrons. The van der Waals surface area contributed by atoms with Crippen LogP contribution in [0.25, 0.3) is 66.7 Å². The summed E-state index contributed by atoms with van der Waals surface area (Å²) in [5.41, 5.74) is 16.6. The van der Waals surface area contributed by atoms with E-state index in [1.54, 1.807) is 0 Å². The van der Waals surface area contributed by atoms with E-state index in [1.165, 1.54) is 38.9 Å². The van der Waals surface area contributed by atoms with Crippen molar-refractivity contribution in [3.8, 4) is 33.7 Å². The summed E-state index contributed by atoms with van der Waals surface area (Å²) in [5, 5.41) is 1.99. The number of para-hydroxylation sites is 2. The topological polar surface area (TPSA) is 42.4 Å². The highest BCUT2D eigenvalue weighted by molar-refractivity contribution is 6.12. The van der Waals surface area contributed by atoms with E-state index in [9.17, 15) is 0 Å². The van der Waals surface area contributed by atoms with Gasteiger partial charge in [-0.2, -0.15) is 0 Å². The molecule has 4 nitrogen and oxygen atoms in total. The van der Waals surface area contributed by atoms with Gasteiger partial charge in [-0.3, -0.25) is 0 Å². The Labute approximate surface area is 347 Å². The first-order valence-corrected chi connectivity index (χ1v) is 20.4. The Bertz CT molecular complexity index is 3290. The molecule has 60 heavy (non-hydrogen) atoms. The van der Waals surface area contributed by atoms with Crippen LogP contribution in [0.1, 0.15) is 22.3 Å². The molecule has 2 aromatic heterocycles. The van der Waals surface area contributed by atoms with Crippen LogP contribution < -0.4 is 4.90 Å². The number of furan rings is 1. The lowest BCUT2D eigenvalue weighted by Crippen LogP contribution is -2.28. The molecule has 0 aliphatic heterocycles. The van der Waals surface area contributed by atoms with Gasteiger partial charge in [-0.05, 0) is 105 Å². The zero-order chi connectivity index (χ0) is 39.6. The van der Waals surface area contributed by atoms with Crippen LogP contribution in [-0.4, -0.2) is 4.98 Å². The van der Waals surface area contributed by atoms with Crippen molar-refractivity contribution in [2.45, 2.75) is 5.41 Å². The van der Waals surface area contributed by atoms with Crippen molar-refractivity contribution >= 4 is 50.1 Å². The molecule has 0 radical (unpaired) electrons. The highest BCUT2D eigenvalue weighted by atomic mass is 16.3. The molecule has 1 aliphatic carbocycles. The quantitative estimate of drug-likeness (QED) is 0.162. The molecule has 2 heterocycles. The molecule has 0 saturated carbocycles. The van der Waals surface area contributed by atoms with E-state index in [2.05, 4.69) is 187 Å². The summed E-state index contributed by atoms with van der Waals surface area (Å²) in [4.78, 5) is 7.16. The van der Waals surface area contributed by atoms with Crippen LogP contribution in [0.2, 0.25) is 0 Å². The van der Waals surface area contributed by atoms with Crippen LogP contribution in [-0.2, 0) is 5.41 Å². The normalized spacial score (nSPS) is 12.8. The van der Waals surface area contributed by atoms with E-state index in [1.807, 2.05) is 36.4 Å². The lowest BCUT2D eigenvalue weighted by Gasteiger charge is -2.34. The van der Waals surface area contributed by atoms with Crippen LogP contribution in [0.5, 0.6) is 0 Å². The molecule has 0 fully saturated rings. The van der Waals surface area contributed by atoms with E-state index in [0.29, 0.717) is 5.89 Å². The minimum atomic E-state index is -0.477. The molecule has 0 unspecified atom stereocenters. The fraction of sp³-hybridized carbons (Fsp3) is 0.0179. The molecule has 9 aromatic carbocycles. The van der Waals surface area contributed by atoms with Gasteiger partial charge < -0.3 is 13.7 Å². The zero-order valence-corrected chi connectivity index (χ0v) is 32.5. The maximum Gasteiger partial charge on any atom is 0.228 e. The highest BCUT2D eigenvalue weighted by Crippen LogP contribution is 2.56. The molecule has 0 atom stereocenters. The van der Waals surface area contributed by atoms with Crippen molar-refractivity contribution in [3.05, 3.63) is 241 Å². The van der Waals surface area contributed by atoms with Crippen LogP contribution in [0, 0.1) is 0 Å². The third-order valence-electron chi connectivity index (χ3n) is 12.2. The summed E-state index contributed by atoms with van der Waals surface area (Å²) in [5.74, 6) is 0.578. The second-order valence-electron chi connectivity index (χ2n) is 15.5. The van der Waals surface area contributed by atoms with Crippen molar-refractivity contribution in [3.63, 3.8) is 0 Å². The fourth-order valence-electron chi connectivity index (χ4n) is 9.57. The van der Waals surface area contributed by atoms with Crippen LogP contribution >= 0.6 is 0 Å². The Hall–Kier alpha value is -7.95. The van der Waals surface area contributed by atoms with Gasteiger partial charge in [-0.15, -0.1) is 0 Å². The lowest BCUT2D eigenvalue weighted by atomic mass is 9.68. The predicted molar refractivity (Wildman–Crippen MR) is 244 cm³/mol. The van der Waals surface area contributed by atoms with Crippen LogP contribution in [0.4, 0.5) is 17.1 Å². The van der Waals surface area contributed by atoms with Crippen LogP contribution in [0.3, 0.4) is 0 Å². The molecule has 0 saturated heterocycles. The fourth-order valence-corrected chi connectivity index (χ4v) is 9.57. The number of benzene rings is 9.